The molecule has 1 atom stereocenters. The number of benzene rings is 2. The van der Waals surface area contributed by atoms with Gasteiger partial charge in [0.1, 0.15) is 0 Å². The maximum absolute atomic E-state index is 11.8. The van der Waals surface area contributed by atoms with E-state index in [0.29, 0.717) is 12.1 Å². The van der Waals surface area contributed by atoms with Crippen molar-refractivity contribution >= 4 is 27.6 Å². The van der Waals surface area contributed by atoms with Gasteiger partial charge in [0.2, 0.25) is 10.7 Å². The summed E-state index contributed by atoms with van der Waals surface area (Å²) in [6.07, 6.45) is 3.09. The molecule has 0 amide bonds. The Bertz CT molecular complexity index is 796. The molecule has 1 heterocycles. The number of para-hydroxylation sites is 1. The predicted molar refractivity (Wildman–Crippen MR) is 119 cm³/mol. The van der Waals surface area contributed by atoms with E-state index in [1.807, 2.05) is 0 Å². The van der Waals surface area contributed by atoms with Gasteiger partial charge in [-0.15, -0.1) is 0 Å². The van der Waals surface area contributed by atoms with Crippen LogP contribution in [0.25, 0.3) is 0 Å². The molecule has 0 N–H and O–H groups in total. The van der Waals surface area contributed by atoms with Gasteiger partial charge in [-0.2, -0.15) is 4.58 Å². The third kappa shape index (κ3) is 5.12. The first-order chi connectivity index (χ1) is 13.6. The Balaban J connectivity index is 1.80. The molecule has 0 aliphatic carbocycles. The van der Waals surface area contributed by atoms with E-state index in [2.05, 4.69) is 84.0 Å². The first-order valence-corrected chi connectivity index (χ1v) is 11.1. The van der Waals surface area contributed by atoms with Gasteiger partial charge in [0.15, 0.2) is 11.2 Å². The van der Waals surface area contributed by atoms with Crippen LogP contribution in [-0.2, 0) is 4.79 Å². The second kappa shape index (κ2) is 10.0. The average Bonchev–Trinajstić information content (AvgIpc) is 2.74. The van der Waals surface area contributed by atoms with Gasteiger partial charge < -0.3 is 0 Å². The van der Waals surface area contributed by atoms with Gasteiger partial charge in [-0.1, -0.05) is 55.5 Å². The molecule has 0 saturated carbocycles. The standard InChI is InChI=1S/C24H31N2OS/c1-4-24(28-20(3)27)26(22-13-9-6-10-14-22)23-15-17-25(18-16-23)19(2)21-11-7-5-8-12-21/h5-14,19,23H,4,15-18H2,1-3H3/q+1. The molecule has 4 heteroatoms. The summed E-state index contributed by atoms with van der Waals surface area (Å²) in [5.74, 6) is 0. The fourth-order valence-electron chi connectivity index (χ4n) is 4.08. The highest BCUT2D eigenvalue weighted by molar-refractivity contribution is 8.26. The molecule has 0 bridgehead atoms. The molecule has 0 radical (unpaired) electrons. The van der Waals surface area contributed by atoms with Crippen LogP contribution in [0, 0.1) is 0 Å². The normalized spacial score (nSPS) is 17.8. The van der Waals surface area contributed by atoms with Crippen molar-refractivity contribution in [3.05, 3.63) is 66.2 Å². The number of nitrogens with zero attached hydrogens (tertiary/aromatic N) is 2. The zero-order chi connectivity index (χ0) is 19.9. The summed E-state index contributed by atoms with van der Waals surface area (Å²) in [6.45, 7) is 8.26. The predicted octanol–water partition coefficient (Wildman–Crippen LogP) is 5.64. The van der Waals surface area contributed by atoms with Crippen molar-refractivity contribution in [1.82, 2.24) is 4.90 Å². The van der Waals surface area contributed by atoms with Gasteiger partial charge in [0.05, 0.1) is 0 Å². The number of hydrogen-bond acceptors (Lipinski definition) is 3. The molecule has 0 aromatic heterocycles. The van der Waals surface area contributed by atoms with E-state index in [9.17, 15) is 4.79 Å². The number of piperidine rings is 1. The number of carbonyl (C=O) groups is 1. The molecule has 3 rings (SSSR count). The molecule has 1 fully saturated rings. The minimum absolute atomic E-state index is 0.160. The van der Waals surface area contributed by atoms with Crippen LogP contribution >= 0.6 is 11.8 Å². The fourth-order valence-corrected chi connectivity index (χ4v) is 4.91. The number of likely N-dealkylation sites (tertiary alicyclic amines) is 1. The number of hydrogen-bond donors (Lipinski definition) is 0. The Labute approximate surface area is 173 Å². The minimum Gasteiger partial charge on any atom is -0.296 e. The topological polar surface area (TPSA) is 23.3 Å². The molecule has 0 spiro atoms. The largest absolute Gasteiger partial charge is 0.296 e. The SMILES string of the molecule is CCC(SC(C)=O)=[N+](c1ccccc1)C1CCN(C(C)c2ccccc2)CC1. The van der Waals surface area contributed by atoms with Crippen LogP contribution in [0.3, 0.4) is 0 Å². The van der Waals surface area contributed by atoms with Crippen molar-refractivity contribution in [3.63, 3.8) is 0 Å². The highest BCUT2D eigenvalue weighted by Gasteiger charge is 2.33. The summed E-state index contributed by atoms with van der Waals surface area (Å²) in [6, 6.07) is 22.2. The Morgan fingerprint density at radius 2 is 1.64 bits per heavy atom. The van der Waals surface area contributed by atoms with E-state index in [0.717, 1.165) is 37.4 Å². The average molecular weight is 396 g/mol. The Morgan fingerprint density at radius 3 is 2.18 bits per heavy atom. The van der Waals surface area contributed by atoms with Crippen LogP contribution in [0.1, 0.15) is 51.6 Å². The lowest BCUT2D eigenvalue weighted by Gasteiger charge is -2.35. The quantitative estimate of drug-likeness (QED) is 0.371. The monoisotopic (exact) mass is 395 g/mol. The van der Waals surface area contributed by atoms with E-state index in [4.69, 9.17) is 0 Å². The van der Waals surface area contributed by atoms with E-state index in [1.165, 1.54) is 23.0 Å². The fraction of sp³-hybridized carbons (Fsp3) is 0.417. The number of rotatable bonds is 5. The van der Waals surface area contributed by atoms with E-state index < -0.39 is 0 Å². The van der Waals surface area contributed by atoms with Crippen molar-refractivity contribution in [2.45, 2.75) is 52.1 Å². The summed E-state index contributed by atoms with van der Waals surface area (Å²) in [5.41, 5.74) is 2.58. The van der Waals surface area contributed by atoms with Crippen LogP contribution in [0.5, 0.6) is 0 Å². The molecule has 1 aliphatic heterocycles. The first kappa shape index (κ1) is 20.8. The van der Waals surface area contributed by atoms with Gasteiger partial charge >= 0.3 is 0 Å². The molecule has 1 saturated heterocycles. The zero-order valence-electron chi connectivity index (χ0n) is 17.2. The molecular weight excluding hydrogens is 364 g/mol. The van der Waals surface area contributed by atoms with Crippen molar-refractivity contribution in [1.29, 1.82) is 0 Å². The van der Waals surface area contributed by atoms with Crippen LogP contribution < -0.4 is 0 Å². The van der Waals surface area contributed by atoms with Crippen LogP contribution in [0.15, 0.2) is 60.7 Å². The number of thioether (sulfide) groups is 1. The highest BCUT2D eigenvalue weighted by atomic mass is 32.2. The molecule has 2 aromatic rings. The minimum atomic E-state index is 0.160. The first-order valence-electron chi connectivity index (χ1n) is 10.3. The lowest BCUT2D eigenvalue weighted by atomic mass is 9.99. The van der Waals surface area contributed by atoms with Gasteiger partial charge in [0, 0.05) is 69.2 Å². The van der Waals surface area contributed by atoms with Gasteiger partial charge in [-0.25, -0.2) is 0 Å². The molecule has 2 aromatic carbocycles. The Kier molecular flexibility index (Phi) is 7.46. The van der Waals surface area contributed by atoms with Crippen LogP contribution in [0.4, 0.5) is 5.69 Å². The molecular formula is C24H31N2OS+. The summed E-state index contributed by atoms with van der Waals surface area (Å²) in [4.78, 5) is 14.4. The van der Waals surface area contributed by atoms with Gasteiger partial charge in [-0.05, 0) is 12.5 Å². The van der Waals surface area contributed by atoms with Crippen molar-refractivity contribution < 1.29 is 9.37 Å². The van der Waals surface area contributed by atoms with Crippen molar-refractivity contribution in [3.8, 4) is 0 Å². The third-order valence-corrected chi connectivity index (χ3v) is 6.57. The third-order valence-electron chi connectivity index (χ3n) is 5.56. The van der Waals surface area contributed by atoms with Crippen molar-refractivity contribution in [2.75, 3.05) is 13.1 Å². The lowest BCUT2D eigenvalue weighted by molar-refractivity contribution is -0.489. The zero-order valence-corrected chi connectivity index (χ0v) is 18.0. The summed E-state index contributed by atoms with van der Waals surface area (Å²) < 4.78 is 2.43. The van der Waals surface area contributed by atoms with E-state index in [1.54, 1.807) is 6.92 Å². The molecule has 28 heavy (non-hydrogen) atoms. The maximum Gasteiger partial charge on any atom is 0.223 e. The lowest BCUT2D eigenvalue weighted by Crippen LogP contribution is -2.42. The maximum atomic E-state index is 11.8. The van der Waals surface area contributed by atoms with Crippen LogP contribution in [-0.4, -0.2) is 38.8 Å². The Morgan fingerprint density at radius 1 is 1.07 bits per heavy atom. The molecule has 1 aliphatic rings. The van der Waals surface area contributed by atoms with Crippen LogP contribution in [0.2, 0.25) is 0 Å². The smallest absolute Gasteiger partial charge is 0.223 e. The molecule has 148 valence electrons. The summed E-state index contributed by atoms with van der Waals surface area (Å²) in [7, 11) is 0. The van der Waals surface area contributed by atoms with E-state index >= 15 is 0 Å². The van der Waals surface area contributed by atoms with Gasteiger partial charge in [-0.3, -0.25) is 9.69 Å². The molecule has 1 unspecified atom stereocenters. The second-order valence-corrected chi connectivity index (χ2v) is 8.65. The molecule has 3 nitrogen and oxygen atoms in total. The van der Waals surface area contributed by atoms with E-state index in [-0.39, 0.29) is 5.12 Å². The second-order valence-electron chi connectivity index (χ2n) is 7.40. The number of carbonyl (C=O) groups excluding carboxylic acids is 1. The Hall–Kier alpha value is -1.91. The highest BCUT2D eigenvalue weighted by Crippen LogP contribution is 2.29. The summed E-state index contributed by atoms with van der Waals surface area (Å²) >= 11 is 1.39. The summed E-state index contributed by atoms with van der Waals surface area (Å²) in [5, 5.41) is 1.32. The van der Waals surface area contributed by atoms with Crippen molar-refractivity contribution in [2.24, 2.45) is 0 Å². The van der Waals surface area contributed by atoms with Gasteiger partial charge in [0.25, 0.3) is 0 Å².